The SMILES string of the molecule is BrBr.C.CC[N+](CC)(CC)CCCCCCCCCCCC[N+](CC)(CC)CC. The van der Waals surface area contributed by atoms with Gasteiger partial charge in [0.25, 0.3) is 0 Å². The third kappa shape index (κ3) is 16.2. The fraction of sp³-hybridized carbons (Fsp3) is 1.00. The number of nitrogens with zero attached hydrogens (tertiary/aromatic N) is 2. The predicted octanol–water partition coefficient (Wildman–Crippen LogP) is 8.97. The van der Waals surface area contributed by atoms with Crippen LogP contribution in [0.15, 0.2) is 0 Å². The molecule has 0 aliphatic heterocycles. The summed E-state index contributed by atoms with van der Waals surface area (Å²) in [6.45, 7) is 24.8. The summed E-state index contributed by atoms with van der Waals surface area (Å²) >= 11 is 5.50. The molecule has 0 aliphatic carbocycles. The highest BCUT2D eigenvalue weighted by atomic mass is 80.9. The van der Waals surface area contributed by atoms with Gasteiger partial charge in [0.15, 0.2) is 0 Å². The Hall–Kier alpha value is 0.880. The van der Waals surface area contributed by atoms with E-state index in [1.165, 1.54) is 126 Å². The maximum Gasteiger partial charge on any atom is 0.0786 e. The molecule has 0 spiro atoms. The van der Waals surface area contributed by atoms with E-state index in [0.29, 0.717) is 0 Å². The third-order valence-corrected chi connectivity index (χ3v) is 7.54. The largest absolute Gasteiger partial charge is 0.324 e. The minimum absolute atomic E-state index is 0. The maximum atomic E-state index is 2.75. The average molecular weight is 547 g/mol. The van der Waals surface area contributed by atoms with Gasteiger partial charge in [0.2, 0.25) is 0 Å². The van der Waals surface area contributed by atoms with E-state index < -0.39 is 0 Å². The molecule has 2 nitrogen and oxygen atoms in total. The minimum Gasteiger partial charge on any atom is -0.324 e. The van der Waals surface area contributed by atoms with Gasteiger partial charge in [0.1, 0.15) is 0 Å². The highest BCUT2D eigenvalue weighted by Crippen LogP contribution is 2.15. The van der Waals surface area contributed by atoms with Gasteiger partial charge in [0.05, 0.1) is 52.4 Å². The first-order valence-corrected chi connectivity index (χ1v) is 16.1. The van der Waals surface area contributed by atoms with Crippen LogP contribution in [-0.2, 0) is 0 Å². The Morgan fingerprint density at radius 3 is 0.724 bits per heavy atom. The smallest absolute Gasteiger partial charge is 0.0786 e. The van der Waals surface area contributed by atoms with Gasteiger partial charge in [-0.15, -0.1) is 0 Å². The molecule has 0 aromatic rings. The number of hydrogen-bond acceptors (Lipinski definition) is 0. The summed E-state index contributed by atoms with van der Waals surface area (Å²) in [7, 11) is 0. The maximum absolute atomic E-state index is 2.75. The molecule has 29 heavy (non-hydrogen) atoms. The fourth-order valence-electron chi connectivity index (χ4n) is 4.60. The van der Waals surface area contributed by atoms with Crippen molar-refractivity contribution in [2.45, 2.75) is 113 Å². The minimum atomic E-state index is 0. The van der Waals surface area contributed by atoms with E-state index in [9.17, 15) is 0 Å². The van der Waals surface area contributed by atoms with Crippen LogP contribution in [-0.4, -0.2) is 61.3 Å². The zero-order valence-electron chi connectivity index (χ0n) is 20.4. The molecule has 0 bridgehead atoms. The summed E-state index contributed by atoms with van der Waals surface area (Å²) in [4.78, 5) is 0. The topological polar surface area (TPSA) is 0 Å². The average Bonchev–Trinajstić information content (AvgIpc) is 2.77. The van der Waals surface area contributed by atoms with E-state index in [1.807, 2.05) is 0 Å². The van der Waals surface area contributed by atoms with Gasteiger partial charge in [-0.2, -0.15) is 0 Å². The molecule has 0 saturated carbocycles. The lowest BCUT2D eigenvalue weighted by Gasteiger charge is -2.35. The zero-order chi connectivity index (χ0) is 21.7. The normalized spacial score (nSPS) is 11.6. The second kappa shape index (κ2) is 23.5. The quantitative estimate of drug-likeness (QED) is 0.112. The molecule has 0 atom stereocenters. The van der Waals surface area contributed by atoms with Crippen LogP contribution in [0.25, 0.3) is 0 Å². The molecular weight excluding hydrogens is 488 g/mol. The van der Waals surface area contributed by atoms with Crippen LogP contribution in [0.2, 0.25) is 0 Å². The highest BCUT2D eigenvalue weighted by molar-refractivity contribution is 9.93. The molecular formula is C25H58Br2N2+2. The first-order valence-electron chi connectivity index (χ1n) is 12.4. The van der Waals surface area contributed by atoms with Crippen molar-refractivity contribution in [2.24, 2.45) is 0 Å². The van der Waals surface area contributed by atoms with Gasteiger partial charge >= 0.3 is 0 Å². The van der Waals surface area contributed by atoms with Crippen molar-refractivity contribution < 1.29 is 8.97 Å². The second-order valence-electron chi connectivity index (χ2n) is 8.56. The molecule has 0 fully saturated rings. The Balaban J connectivity index is -0.00000218. The molecule has 4 heteroatoms. The molecule has 0 aliphatic rings. The zero-order valence-corrected chi connectivity index (χ0v) is 23.6. The molecule has 0 unspecified atom stereocenters. The third-order valence-electron chi connectivity index (χ3n) is 7.54. The first-order chi connectivity index (χ1) is 13.6. The van der Waals surface area contributed by atoms with E-state index in [4.69, 9.17) is 0 Å². The lowest BCUT2D eigenvalue weighted by atomic mass is 10.1. The summed E-state index contributed by atoms with van der Waals surface area (Å²) in [5.41, 5.74) is 0. The van der Waals surface area contributed by atoms with Crippen molar-refractivity contribution in [1.82, 2.24) is 0 Å². The number of halogens is 2. The number of rotatable bonds is 19. The molecule has 0 rings (SSSR count). The summed E-state index contributed by atoms with van der Waals surface area (Å²) in [6.07, 6.45) is 14.5. The molecule has 0 aromatic carbocycles. The van der Waals surface area contributed by atoms with Crippen LogP contribution < -0.4 is 0 Å². The lowest BCUT2D eigenvalue weighted by molar-refractivity contribution is -0.923. The van der Waals surface area contributed by atoms with E-state index in [1.54, 1.807) is 0 Å². The summed E-state index contributed by atoms with van der Waals surface area (Å²) in [6, 6.07) is 0. The molecule has 0 saturated heterocycles. The van der Waals surface area contributed by atoms with E-state index in [2.05, 4.69) is 69.8 Å². The van der Waals surface area contributed by atoms with E-state index in [-0.39, 0.29) is 7.43 Å². The summed E-state index contributed by atoms with van der Waals surface area (Å²) in [5.74, 6) is 0. The standard InChI is InChI=1S/C24H54N2.CH4.Br2/c1-7-25(8-2,9-3)23-21-19-17-15-13-14-16-18-20-22-24-26(10-4,11-5)12-6;;1-2/h7-24H2,1-6H3;1H4;/q+2;;. The van der Waals surface area contributed by atoms with Gasteiger partial charge in [-0.25, -0.2) is 0 Å². The van der Waals surface area contributed by atoms with Crippen LogP contribution in [0.1, 0.15) is 113 Å². The Labute approximate surface area is 202 Å². The number of hydrogen-bond donors (Lipinski definition) is 0. The van der Waals surface area contributed by atoms with E-state index in [0.717, 1.165) is 0 Å². The highest BCUT2D eigenvalue weighted by Gasteiger charge is 2.20. The number of quaternary nitrogens is 2. The second-order valence-corrected chi connectivity index (χ2v) is 8.56. The Kier molecular flexibility index (Phi) is 28.0. The Morgan fingerprint density at radius 2 is 0.552 bits per heavy atom. The number of unbranched alkanes of at least 4 members (excludes halogenated alkanes) is 9. The fourth-order valence-corrected chi connectivity index (χ4v) is 4.60. The predicted molar refractivity (Wildman–Crippen MR) is 144 cm³/mol. The molecule has 0 N–H and O–H groups in total. The molecule has 0 radical (unpaired) electrons. The van der Waals surface area contributed by atoms with Crippen molar-refractivity contribution in [3.63, 3.8) is 0 Å². The van der Waals surface area contributed by atoms with Crippen molar-refractivity contribution in [3.05, 3.63) is 0 Å². The molecule has 0 heterocycles. The first kappa shape index (κ1) is 34.5. The Morgan fingerprint density at radius 1 is 0.379 bits per heavy atom. The van der Waals surface area contributed by atoms with Crippen LogP contribution >= 0.6 is 28.3 Å². The monoisotopic (exact) mass is 544 g/mol. The van der Waals surface area contributed by atoms with Crippen LogP contribution in [0, 0.1) is 0 Å². The van der Waals surface area contributed by atoms with Gasteiger partial charge in [-0.05, 0) is 67.2 Å². The van der Waals surface area contributed by atoms with E-state index >= 15 is 0 Å². The van der Waals surface area contributed by atoms with Crippen LogP contribution in [0.5, 0.6) is 0 Å². The summed E-state index contributed by atoms with van der Waals surface area (Å²) in [5, 5.41) is 0. The van der Waals surface area contributed by atoms with Gasteiger partial charge in [0, 0.05) is 28.3 Å². The summed E-state index contributed by atoms with van der Waals surface area (Å²) < 4.78 is 2.65. The van der Waals surface area contributed by atoms with Crippen molar-refractivity contribution in [2.75, 3.05) is 52.4 Å². The molecule has 0 aromatic heterocycles. The van der Waals surface area contributed by atoms with Crippen LogP contribution in [0.4, 0.5) is 0 Å². The van der Waals surface area contributed by atoms with Gasteiger partial charge < -0.3 is 8.97 Å². The van der Waals surface area contributed by atoms with Crippen molar-refractivity contribution >= 4 is 28.3 Å². The van der Waals surface area contributed by atoms with Gasteiger partial charge in [-0.1, -0.05) is 46.0 Å². The Bertz CT molecular complexity index is 257. The molecule has 180 valence electrons. The molecule has 0 amide bonds. The lowest BCUT2D eigenvalue weighted by Crippen LogP contribution is -2.48. The van der Waals surface area contributed by atoms with Gasteiger partial charge in [-0.3, -0.25) is 0 Å². The van der Waals surface area contributed by atoms with Crippen molar-refractivity contribution in [1.29, 1.82) is 0 Å². The van der Waals surface area contributed by atoms with Crippen molar-refractivity contribution in [3.8, 4) is 0 Å². The van der Waals surface area contributed by atoms with Crippen LogP contribution in [0.3, 0.4) is 0 Å².